The third-order valence-electron chi connectivity index (χ3n) is 4.60. The molecule has 0 spiro atoms. The molecule has 1 atom stereocenters. The number of para-hydroxylation sites is 1. The van der Waals surface area contributed by atoms with Crippen LogP contribution in [0.4, 0.5) is 0 Å². The lowest BCUT2D eigenvalue weighted by molar-refractivity contribution is 0.110. The van der Waals surface area contributed by atoms with E-state index < -0.39 is 0 Å². The average Bonchev–Trinajstić information content (AvgIpc) is 3.12. The number of hydrogen-bond donors (Lipinski definition) is 1. The largest absolute Gasteiger partial charge is 0.489 e. The van der Waals surface area contributed by atoms with E-state index in [4.69, 9.17) is 9.47 Å². The molecule has 2 aliphatic rings. The number of benzene rings is 1. The van der Waals surface area contributed by atoms with Crippen molar-refractivity contribution in [3.05, 3.63) is 27.8 Å². The van der Waals surface area contributed by atoms with Crippen molar-refractivity contribution in [1.82, 2.24) is 10.2 Å². The molecule has 0 aliphatic carbocycles. The molecule has 2 saturated heterocycles. The fourth-order valence-electron chi connectivity index (χ4n) is 3.25. The molecule has 1 aromatic carbocycles. The summed E-state index contributed by atoms with van der Waals surface area (Å²) < 4.78 is 13.0. The SMILES string of the molecule is CN=C(NCC1CCCO1)N1CCC(Oc2ccccc2I)CC1.I. The molecule has 2 fully saturated rings. The van der Waals surface area contributed by atoms with Crippen molar-refractivity contribution in [3.8, 4) is 5.75 Å². The fraction of sp³-hybridized carbons (Fsp3) is 0.611. The second-order valence-corrected chi connectivity index (χ2v) is 7.46. The molecule has 2 heterocycles. The minimum Gasteiger partial charge on any atom is -0.489 e. The van der Waals surface area contributed by atoms with Crippen LogP contribution in [0.25, 0.3) is 0 Å². The predicted octanol–water partition coefficient (Wildman–Crippen LogP) is 3.51. The summed E-state index contributed by atoms with van der Waals surface area (Å²) >= 11 is 2.33. The molecule has 0 radical (unpaired) electrons. The second kappa shape index (κ2) is 10.8. The Morgan fingerprint density at radius 1 is 1.32 bits per heavy atom. The molecule has 5 nitrogen and oxygen atoms in total. The monoisotopic (exact) mass is 571 g/mol. The van der Waals surface area contributed by atoms with E-state index in [9.17, 15) is 0 Å². The summed E-state index contributed by atoms with van der Waals surface area (Å²) in [5, 5.41) is 3.46. The van der Waals surface area contributed by atoms with Gasteiger partial charge in [0.1, 0.15) is 11.9 Å². The van der Waals surface area contributed by atoms with Gasteiger partial charge in [0, 0.05) is 46.1 Å². The Kier molecular flexibility index (Phi) is 9.05. The standard InChI is InChI=1S/C18H26IN3O2.HI/c1-20-18(21-13-15-5-4-12-23-15)22-10-8-14(9-11-22)24-17-7-3-2-6-16(17)19;/h2-3,6-7,14-15H,4-5,8-13H2,1H3,(H,20,21);1H. The molecule has 1 unspecified atom stereocenters. The van der Waals surface area contributed by atoms with E-state index in [2.05, 4.69) is 49.9 Å². The number of halogens is 2. The van der Waals surface area contributed by atoms with Gasteiger partial charge in [-0.25, -0.2) is 0 Å². The molecule has 2 aliphatic heterocycles. The number of guanidine groups is 1. The van der Waals surface area contributed by atoms with Gasteiger partial charge in [0.05, 0.1) is 9.67 Å². The Bertz CT molecular complexity index is 557. The molecule has 1 N–H and O–H groups in total. The van der Waals surface area contributed by atoms with Crippen molar-refractivity contribution in [2.45, 2.75) is 37.9 Å². The topological polar surface area (TPSA) is 46.1 Å². The molecule has 3 rings (SSSR count). The quantitative estimate of drug-likeness (QED) is 0.342. The molecule has 0 bridgehead atoms. The van der Waals surface area contributed by atoms with Crippen molar-refractivity contribution < 1.29 is 9.47 Å². The van der Waals surface area contributed by atoms with Crippen LogP contribution in [-0.4, -0.2) is 56.4 Å². The maximum atomic E-state index is 6.17. The smallest absolute Gasteiger partial charge is 0.193 e. The number of hydrogen-bond acceptors (Lipinski definition) is 3. The van der Waals surface area contributed by atoms with Crippen molar-refractivity contribution in [3.63, 3.8) is 0 Å². The highest BCUT2D eigenvalue weighted by Crippen LogP contribution is 2.24. The van der Waals surface area contributed by atoms with Gasteiger partial charge in [-0.15, -0.1) is 24.0 Å². The van der Waals surface area contributed by atoms with E-state index in [0.717, 1.165) is 57.2 Å². The molecule has 140 valence electrons. The molecule has 0 aromatic heterocycles. The fourth-order valence-corrected chi connectivity index (χ4v) is 3.76. The zero-order valence-electron chi connectivity index (χ0n) is 14.6. The van der Waals surface area contributed by atoms with Crippen LogP contribution in [0.15, 0.2) is 29.3 Å². The molecular weight excluding hydrogens is 544 g/mol. The summed E-state index contributed by atoms with van der Waals surface area (Å²) in [7, 11) is 1.85. The molecule has 1 aromatic rings. The number of ether oxygens (including phenoxy) is 2. The van der Waals surface area contributed by atoms with Crippen LogP contribution in [0, 0.1) is 3.57 Å². The van der Waals surface area contributed by atoms with Crippen molar-refractivity contribution in [2.75, 3.05) is 33.3 Å². The highest BCUT2D eigenvalue weighted by molar-refractivity contribution is 14.1. The summed E-state index contributed by atoms with van der Waals surface area (Å²) in [6.45, 7) is 3.69. The number of piperidine rings is 1. The van der Waals surface area contributed by atoms with E-state index in [0.29, 0.717) is 6.10 Å². The Labute approximate surface area is 181 Å². The third-order valence-corrected chi connectivity index (χ3v) is 5.49. The van der Waals surface area contributed by atoms with Gasteiger partial charge < -0.3 is 19.7 Å². The van der Waals surface area contributed by atoms with Crippen LogP contribution >= 0.6 is 46.6 Å². The van der Waals surface area contributed by atoms with Crippen LogP contribution in [0.2, 0.25) is 0 Å². The maximum Gasteiger partial charge on any atom is 0.193 e. The first-order valence-corrected chi connectivity index (χ1v) is 9.82. The van der Waals surface area contributed by atoms with Crippen molar-refractivity contribution in [2.24, 2.45) is 4.99 Å². The van der Waals surface area contributed by atoms with Crippen LogP contribution in [0.5, 0.6) is 5.75 Å². The molecule has 25 heavy (non-hydrogen) atoms. The Balaban J connectivity index is 0.00000225. The van der Waals surface area contributed by atoms with Gasteiger partial charge in [0.25, 0.3) is 0 Å². The van der Waals surface area contributed by atoms with Gasteiger partial charge in [0.2, 0.25) is 0 Å². The van der Waals surface area contributed by atoms with Crippen LogP contribution in [0.1, 0.15) is 25.7 Å². The van der Waals surface area contributed by atoms with Gasteiger partial charge in [-0.2, -0.15) is 0 Å². The van der Waals surface area contributed by atoms with Gasteiger partial charge in [-0.05, 0) is 47.6 Å². The lowest BCUT2D eigenvalue weighted by Crippen LogP contribution is -2.48. The van der Waals surface area contributed by atoms with Gasteiger partial charge in [0.15, 0.2) is 5.96 Å². The normalized spacial score (nSPS) is 21.8. The Hall–Kier alpha value is -0.290. The van der Waals surface area contributed by atoms with Gasteiger partial charge >= 0.3 is 0 Å². The lowest BCUT2D eigenvalue weighted by atomic mass is 10.1. The Morgan fingerprint density at radius 3 is 2.72 bits per heavy atom. The highest BCUT2D eigenvalue weighted by Gasteiger charge is 2.24. The van der Waals surface area contributed by atoms with Crippen molar-refractivity contribution >= 4 is 52.5 Å². The van der Waals surface area contributed by atoms with E-state index >= 15 is 0 Å². The van der Waals surface area contributed by atoms with E-state index in [1.807, 2.05) is 19.2 Å². The maximum absolute atomic E-state index is 6.17. The molecular formula is C18H27I2N3O2. The second-order valence-electron chi connectivity index (χ2n) is 6.30. The summed E-state index contributed by atoms with van der Waals surface area (Å²) in [4.78, 5) is 6.75. The number of likely N-dealkylation sites (tertiary alicyclic amines) is 1. The highest BCUT2D eigenvalue weighted by atomic mass is 127. The number of rotatable bonds is 4. The van der Waals surface area contributed by atoms with Crippen LogP contribution in [0.3, 0.4) is 0 Å². The Morgan fingerprint density at radius 2 is 2.08 bits per heavy atom. The summed E-state index contributed by atoms with van der Waals surface area (Å²) in [5.74, 6) is 1.98. The van der Waals surface area contributed by atoms with Crippen molar-refractivity contribution in [1.29, 1.82) is 0 Å². The minimum atomic E-state index is 0. The van der Waals surface area contributed by atoms with Crippen LogP contribution < -0.4 is 10.1 Å². The molecule has 7 heteroatoms. The molecule has 0 saturated carbocycles. The minimum absolute atomic E-state index is 0. The summed E-state index contributed by atoms with van der Waals surface area (Å²) in [6.07, 6.45) is 4.98. The number of nitrogens with one attached hydrogen (secondary N) is 1. The first-order chi connectivity index (χ1) is 11.8. The zero-order chi connectivity index (χ0) is 16.8. The van der Waals surface area contributed by atoms with Crippen LogP contribution in [-0.2, 0) is 4.74 Å². The third kappa shape index (κ3) is 6.13. The molecule has 0 amide bonds. The number of aliphatic imine (C=N–C) groups is 1. The zero-order valence-corrected chi connectivity index (χ0v) is 19.1. The summed E-state index contributed by atoms with van der Waals surface area (Å²) in [5.41, 5.74) is 0. The average molecular weight is 571 g/mol. The van der Waals surface area contributed by atoms with E-state index in [1.54, 1.807) is 0 Å². The van der Waals surface area contributed by atoms with E-state index in [1.165, 1.54) is 9.99 Å². The number of nitrogens with zero attached hydrogens (tertiary/aromatic N) is 2. The first kappa shape index (κ1) is 21.0. The van der Waals surface area contributed by atoms with Gasteiger partial charge in [-0.1, -0.05) is 12.1 Å². The first-order valence-electron chi connectivity index (χ1n) is 8.74. The summed E-state index contributed by atoms with van der Waals surface area (Å²) in [6, 6.07) is 8.21. The lowest BCUT2D eigenvalue weighted by Gasteiger charge is -2.34. The predicted molar refractivity (Wildman–Crippen MR) is 120 cm³/mol. The van der Waals surface area contributed by atoms with E-state index in [-0.39, 0.29) is 30.1 Å². The van der Waals surface area contributed by atoms with Gasteiger partial charge in [-0.3, -0.25) is 4.99 Å².